The average molecular weight is 143 g/mol. The van der Waals surface area contributed by atoms with Crippen molar-refractivity contribution in [3.05, 3.63) is 0 Å². The maximum Gasteiger partial charge on any atom is 0.365 e. The first kappa shape index (κ1) is 6.80. The zero-order valence-corrected chi connectivity index (χ0v) is 4.45. The van der Waals surface area contributed by atoms with Crippen LogP contribution in [-0.4, -0.2) is 30.5 Å². The quantitative estimate of drug-likeness (QED) is 0.318. The number of hydrogen-bond acceptors (Lipinski definition) is 1. The van der Waals surface area contributed by atoms with Crippen LogP contribution >= 0.6 is 0 Å². The van der Waals surface area contributed by atoms with Crippen LogP contribution < -0.4 is 0 Å². The average Bonchev–Trinajstić information content (AvgIpc) is 2.42. The van der Waals surface area contributed by atoms with Crippen molar-refractivity contribution in [2.75, 3.05) is 13.1 Å². The Kier molecular flexibility index (Phi) is 1.38. The maximum absolute atomic E-state index is 11.9. The van der Waals surface area contributed by atoms with Crippen LogP contribution in [0.4, 0.5) is 17.6 Å². The minimum Gasteiger partial charge on any atom is -0.237 e. The van der Waals surface area contributed by atoms with Gasteiger partial charge >= 0.3 is 12.5 Å². The summed E-state index contributed by atoms with van der Waals surface area (Å²) in [7, 11) is 0. The van der Waals surface area contributed by atoms with Gasteiger partial charge in [0.2, 0.25) is 0 Å². The van der Waals surface area contributed by atoms with Crippen LogP contribution in [0.5, 0.6) is 0 Å². The van der Waals surface area contributed by atoms with Crippen LogP contribution in [0.25, 0.3) is 0 Å². The highest BCUT2D eigenvalue weighted by molar-refractivity contribution is 4.82. The molecule has 1 aliphatic heterocycles. The lowest BCUT2D eigenvalue weighted by Crippen LogP contribution is -2.35. The van der Waals surface area contributed by atoms with Crippen molar-refractivity contribution in [1.82, 2.24) is 4.90 Å². The van der Waals surface area contributed by atoms with E-state index in [0.717, 1.165) is 0 Å². The van der Waals surface area contributed by atoms with Gasteiger partial charge in [-0.05, 0) is 0 Å². The summed E-state index contributed by atoms with van der Waals surface area (Å²) in [5, 5.41) is 0. The molecule has 0 aromatic heterocycles. The molecule has 0 spiro atoms. The van der Waals surface area contributed by atoms with Crippen LogP contribution in [0.15, 0.2) is 0 Å². The van der Waals surface area contributed by atoms with Crippen molar-refractivity contribution in [2.24, 2.45) is 0 Å². The van der Waals surface area contributed by atoms with Crippen LogP contribution in [0, 0.1) is 0 Å². The lowest BCUT2D eigenvalue weighted by molar-refractivity contribution is -0.189. The van der Waals surface area contributed by atoms with E-state index in [1.807, 2.05) is 0 Å². The van der Waals surface area contributed by atoms with Gasteiger partial charge in [-0.25, -0.2) is 13.7 Å². The first-order valence-corrected chi connectivity index (χ1v) is 2.46. The normalized spacial score (nSPS) is 21.0. The van der Waals surface area contributed by atoms with Crippen LogP contribution in [0.1, 0.15) is 0 Å². The molecular formula is C4H5F4N. The van der Waals surface area contributed by atoms with Gasteiger partial charge < -0.3 is 0 Å². The molecule has 0 aromatic carbocycles. The second-order valence-corrected chi connectivity index (χ2v) is 1.88. The van der Waals surface area contributed by atoms with Crippen molar-refractivity contribution < 1.29 is 17.6 Å². The summed E-state index contributed by atoms with van der Waals surface area (Å²) < 4.78 is 46.4. The van der Waals surface area contributed by atoms with E-state index in [2.05, 4.69) is 0 Å². The van der Waals surface area contributed by atoms with Crippen molar-refractivity contribution in [1.29, 1.82) is 0 Å². The highest BCUT2D eigenvalue weighted by Gasteiger charge is 2.51. The van der Waals surface area contributed by atoms with Gasteiger partial charge in [-0.15, -0.1) is 0 Å². The van der Waals surface area contributed by atoms with Gasteiger partial charge in [0.05, 0.1) is 0 Å². The molecule has 54 valence electrons. The molecule has 0 bridgehead atoms. The molecule has 1 saturated heterocycles. The monoisotopic (exact) mass is 143 g/mol. The molecule has 0 amide bonds. The number of alkyl halides is 4. The third-order valence-electron chi connectivity index (χ3n) is 1.13. The second-order valence-electron chi connectivity index (χ2n) is 1.88. The Morgan fingerprint density at radius 3 is 1.78 bits per heavy atom. The minimum atomic E-state index is -3.89. The lowest BCUT2D eigenvalue weighted by Gasteiger charge is -2.14. The summed E-state index contributed by atoms with van der Waals surface area (Å²) >= 11 is 0. The Hall–Kier alpha value is -0.320. The molecule has 1 heterocycles. The number of hydrogen-bond donors (Lipinski definition) is 0. The third kappa shape index (κ3) is 1.15. The molecule has 0 N–H and O–H groups in total. The lowest BCUT2D eigenvalue weighted by atomic mass is 10.6. The fourth-order valence-electron chi connectivity index (χ4n) is 0.486. The fraction of sp³-hybridized carbons (Fsp3) is 1.00. The maximum atomic E-state index is 11.9. The van der Waals surface area contributed by atoms with Crippen molar-refractivity contribution in [3.8, 4) is 0 Å². The molecule has 0 aliphatic carbocycles. The standard InChI is InChI=1S/C4H5F4N/c5-3(6)4(7,8)9-1-2-9/h3H,1-2H2. The summed E-state index contributed by atoms with van der Waals surface area (Å²) in [4.78, 5) is 0.428. The molecule has 0 atom stereocenters. The first-order valence-electron chi connectivity index (χ1n) is 2.46. The summed E-state index contributed by atoms with van der Waals surface area (Å²) in [6, 6.07) is -3.89. The zero-order valence-electron chi connectivity index (χ0n) is 4.45. The molecule has 1 rings (SSSR count). The van der Waals surface area contributed by atoms with E-state index in [0.29, 0.717) is 4.90 Å². The van der Waals surface area contributed by atoms with E-state index in [-0.39, 0.29) is 13.1 Å². The largest absolute Gasteiger partial charge is 0.365 e. The Bertz CT molecular complexity index is 105. The molecule has 0 radical (unpaired) electrons. The minimum absolute atomic E-state index is 0.0807. The Morgan fingerprint density at radius 2 is 1.67 bits per heavy atom. The van der Waals surface area contributed by atoms with E-state index in [1.165, 1.54) is 0 Å². The third-order valence-corrected chi connectivity index (χ3v) is 1.13. The predicted molar refractivity (Wildman–Crippen MR) is 22.5 cm³/mol. The molecule has 0 unspecified atom stereocenters. The Balaban J connectivity index is 2.48. The van der Waals surface area contributed by atoms with Crippen molar-refractivity contribution >= 4 is 0 Å². The number of halogens is 4. The fourth-order valence-corrected chi connectivity index (χ4v) is 0.486. The molecule has 5 heteroatoms. The van der Waals surface area contributed by atoms with E-state index >= 15 is 0 Å². The summed E-state index contributed by atoms with van der Waals surface area (Å²) in [5.74, 6) is 0. The van der Waals surface area contributed by atoms with Crippen LogP contribution in [0.2, 0.25) is 0 Å². The predicted octanol–water partition coefficient (Wildman–Crippen LogP) is 1.16. The molecule has 0 saturated carbocycles. The first-order chi connectivity index (χ1) is 4.05. The van der Waals surface area contributed by atoms with Crippen LogP contribution in [-0.2, 0) is 0 Å². The molecule has 1 fully saturated rings. The van der Waals surface area contributed by atoms with Gasteiger partial charge in [0, 0.05) is 13.1 Å². The second kappa shape index (κ2) is 1.83. The number of rotatable bonds is 2. The van der Waals surface area contributed by atoms with E-state index in [4.69, 9.17) is 0 Å². The van der Waals surface area contributed by atoms with Gasteiger partial charge in [-0.1, -0.05) is 0 Å². The van der Waals surface area contributed by atoms with E-state index in [9.17, 15) is 17.6 Å². The van der Waals surface area contributed by atoms with Gasteiger partial charge in [0.25, 0.3) is 0 Å². The summed E-state index contributed by atoms with van der Waals surface area (Å²) in [6.07, 6.45) is -3.56. The van der Waals surface area contributed by atoms with Gasteiger partial charge in [-0.3, -0.25) is 0 Å². The van der Waals surface area contributed by atoms with Gasteiger partial charge in [-0.2, -0.15) is 8.78 Å². The van der Waals surface area contributed by atoms with Gasteiger partial charge in [0.15, 0.2) is 0 Å². The Morgan fingerprint density at radius 1 is 1.22 bits per heavy atom. The Labute approximate surface area is 49.3 Å². The highest BCUT2D eigenvalue weighted by Crippen LogP contribution is 2.31. The van der Waals surface area contributed by atoms with Gasteiger partial charge in [0.1, 0.15) is 0 Å². The molecule has 0 aromatic rings. The van der Waals surface area contributed by atoms with Crippen molar-refractivity contribution in [3.63, 3.8) is 0 Å². The molecule has 9 heavy (non-hydrogen) atoms. The highest BCUT2D eigenvalue weighted by atomic mass is 19.3. The molecular weight excluding hydrogens is 138 g/mol. The zero-order chi connectivity index (χ0) is 7.07. The summed E-state index contributed by atoms with van der Waals surface area (Å²) in [6.45, 7) is 0.161. The summed E-state index contributed by atoms with van der Waals surface area (Å²) in [5.41, 5.74) is 0. The number of nitrogens with zero attached hydrogens (tertiary/aromatic N) is 1. The van der Waals surface area contributed by atoms with Crippen molar-refractivity contribution in [2.45, 2.75) is 12.5 Å². The van der Waals surface area contributed by atoms with E-state index in [1.54, 1.807) is 0 Å². The topological polar surface area (TPSA) is 3.01 Å². The smallest absolute Gasteiger partial charge is 0.237 e. The SMILES string of the molecule is FC(F)C(F)(F)N1CC1. The molecule has 1 nitrogen and oxygen atoms in total. The van der Waals surface area contributed by atoms with E-state index < -0.39 is 12.5 Å². The van der Waals surface area contributed by atoms with Crippen LogP contribution in [0.3, 0.4) is 0 Å². The molecule has 1 aliphatic rings.